The fourth-order valence-corrected chi connectivity index (χ4v) is 3.01. The third-order valence-corrected chi connectivity index (χ3v) is 4.45. The Kier molecular flexibility index (Phi) is 5.46. The second-order valence-corrected chi connectivity index (χ2v) is 6.62. The smallest absolute Gasteiger partial charge is 0.227 e. The first-order chi connectivity index (χ1) is 10.1. The molecule has 0 spiro atoms. The van der Waals surface area contributed by atoms with Crippen molar-refractivity contribution in [2.75, 3.05) is 12.3 Å². The zero-order valence-electron chi connectivity index (χ0n) is 11.9. The molecule has 1 aromatic heterocycles. The predicted octanol–water partition coefficient (Wildman–Crippen LogP) is 2.00. The molecule has 0 fully saturated rings. The maximum Gasteiger partial charge on any atom is 0.227 e. The van der Waals surface area contributed by atoms with Gasteiger partial charge in [0.2, 0.25) is 21.7 Å². The van der Waals surface area contributed by atoms with E-state index in [1.165, 1.54) is 0 Å². The van der Waals surface area contributed by atoms with E-state index in [9.17, 15) is 8.42 Å². The molecule has 0 bridgehead atoms. The van der Waals surface area contributed by atoms with Crippen LogP contribution in [0.25, 0.3) is 11.4 Å². The Morgan fingerprint density at radius 3 is 2.71 bits per heavy atom. The molecule has 114 valence electrons. The minimum absolute atomic E-state index is 0.158. The Labute approximate surface area is 124 Å². The van der Waals surface area contributed by atoms with Crippen LogP contribution in [0.5, 0.6) is 0 Å². The summed E-state index contributed by atoms with van der Waals surface area (Å²) in [6.45, 7) is 2.22. The molecule has 0 amide bonds. The van der Waals surface area contributed by atoms with Gasteiger partial charge in [-0.15, -0.1) is 0 Å². The van der Waals surface area contributed by atoms with E-state index in [0.717, 1.165) is 5.56 Å². The lowest BCUT2D eigenvalue weighted by Crippen LogP contribution is -2.27. The maximum atomic E-state index is 11.5. The van der Waals surface area contributed by atoms with Gasteiger partial charge in [0, 0.05) is 18.5 Å². The lowest BCUT2D eigenvalue weighted by molar-refractivity contribution is 0.376. The third-order valence-electron chi connectivity index (χ3n) is 2.86. The molecule has 0 aliphatic rings. The molecule has 1 heterocycles. The molecule has 0 unspecified atom stereocenters. The Morgan fingerprint density at radius 1 is 1.24 bits per heavy atom. The Balaban J connectivity index is 1.81. The number of aryl methyl sites for hydroxylation is 1. The highest BCUT2D eigenvalue weighted by atomic mass is 32.2. The Hall–Kier alpha value is -1.73. The van der Waals surface area contributed by atoms with Crippen molar-refractivity contribution in [3.05, 3.63) is 36.2 Å². The minimum Gasteiger partial charge on any atom is -0.339 e. The topological polar surface area (TPSA) is 85.1 Å². The van der Waals surface area contributed by atoms with Gasteiger partial charge < -0.3 is 4.52 Å². The summed E-state index contributed by atoms with van der Waals surface area (Å²) in [6.07, 6.45) is 1.78. The maximum absolute atomic E-state index is 11.5. The fraction of sp³-hybridized carbons (Fsp3) is 0.429. The van der Waals surface area contributed by atoms with Gasteiger partial charge in [-0.3, -0.25) is 0 Å². The molecule has 6 nitrogen and oxygen atoms in total. The largest absolute Gasteiger partial charge is 0.339 e. The minimum atomic E-state index is -3.14. The quantitative estimate of drug-likeness (QED) is 0.754. The normalized spacial score (nSPS) is 11.7. The van der Waals surface area contributed by atoms with Crippen LogP contribution in [0.4, 0.5) is 0 Å². The summed E-state index contributed by atoms with van der Waals surface area (Å²) >= 11 is 0. The number of rotatable bonds is 8. The highest BCUT2D eigenvalue weighted by Crippen LogP contribution is 2.15. The van der Waals surface area contributed by atoms with Crippen LogP contribution >= 0.6 is 0 Å². The van der Waals surface area contributed by atoms with E-state index in [-0.39, 0.29) is 5.75 Å². The van der Waals surface area contributed by atoms with E-state index in [1.54, 1.807) is 0 Å². The van der Waals surface area contributed by atoms with Gasteiger partial charge in [-0.1, -0.05) is 42.4 Å². The van der Waals surface area contributed by atoms with Gasteiger partial charge in [0.05, 0.1) is 5.75 Å². The molecule has 1 N–H and O–H groups in total. The monoisotopic (exact) mass is 309 g/mol. The van der Waals surface area contributed by atoms with Gasteiger partial charge in [0.1, 0.15) is 0 Å². The van der Waals surface area contributed by atoms with E-state index >= 15 is 0 Å². The van der Waals surface area contributed by atoms with Gasteiger partial charge in [-0.2, -0.15) is 4.98 Å². The zero-order chi connectivity index (χ0) is 15.1. The van der Waals surface area contributed by atoms with Gasteiger partial charge >= 0.3 is 0 Å². The van der Waals surface area contributed by atoms with Crippen LogP contribution in [0.15, 0.2) is 34.9 Å². The molecule has 2 aromatic rings. The SMILES string of the molecule is CCCS(=O)(=O)NCCCc1nc(-c2ccccc2)no1. The third kappa shape index (κ3) is 4.95. The summed E-state index contributed by atoms with van der Waals surface area (Å²) in [5.41, 5.74) is 0.899. The number of hydrogen-bond acceptors (Lipinski definition) is 5. The van der Waals surface area contributed by atoms with Crippen molar-refractivity contribution in [3.63, 3.8) is 0 Å². The second kappa shape index (κ2) is 7.33. The van der Waals surface area contributed by atoms with Crippen LogP contribution in [0, 0.1) is 0 Å². The summed E-state index contributed by atoms with van der Waals surface area (Å²) in [4.78, 5) is 4.30. The van der Waals surface area contributed by atoms with Crippen molar-refractivity contribution < 1.29 is 12.9 Å². The van der Waals surface area contributed by atoms with Gasteiger partial charge in [0.15, 0.2) is 0 Å². The van der Waals surface area contributed by atoms with Gasteiger partial charge in [-0.05, 0) is 12.8 Å². The van der Waals surface area contributed by atoms with Crippen molar-refractivity contribution >= 4 is 10.0 Å². The lowest BCUT2D eigenvalue weighted by Gasteiger charge is -2.03. The molecular weight excluding hydrogens is 290 g/mol. The molecular formula is C14H19N3O3S. The zero-order valence-corrected chi connectivity index (χ0v) is 12.8. The van der Waals surface area contributed by atoms with Crippen molar-refractivity contribution in [2.24, 2.45) is 0 Å². The fourth-order valence-electron chi connectivity index (χ4n) is 1.87. The van der Waals surface area contributed by atoms with E-state index < -0.39 is 10.0 Å². The van der Waals surface area contributed by atoms with E-state index in [2.05, 4.69) is 14.9 Å². The first kappa shape index (κ1) is 15.7. The number of sulfonamides is 1. The molecule has 0 saturated heterocycles. The summed E-state index contributed by atoms with van der Waals surface area (Å²) in [5.74, 6) is 1.23. The predicted molar refractivity (Wildman–Crippen MR) is 80.1 cm³/mol. The molecule has 0 saturated carbocycles. The highest BCUT2D eigenvalue weighted by Gasteiger charge is 2.10. The summed E-state index contributed by atoms with van der Waals surface area (Å²) < 4.78 is 30.6. The van der Waals surface area contributed by atoms with Crippen LogP contribution in [-0.4, -0.2) is 30.9 Å². The van der Waals surface area contributed by atoms with Crippen LogP contribution in [-0.2, 0) is 16.4 Å². The van der Waals surface area contributed by atoms with Crippen molar-refractivity contribution in [2.45, 2.75) is 26.2 Å². The number of nitrogens with zero attached hydrogens (tertiary/aromatic N) is 2. The van der Waals surface area contributed by atoms with Crippen molar-refractivity contribution in [3.8, 4) is 11.4 Å². The number of nitrogens with one attached hydrogen (secondary N) is 1. The van der Waals surface area contributed by atoms with Crippen LogP contribution in [0.1, 0.15) is 25.7 Å². The molecule has 0 atom stereocenters. The molecule has 21 heavy (non-hydrogen) atoms. The molecule has 0 aliphatic heterocycles. The first-order valence-electron chi connectivity index (χ1n) is 6.96. The number of benzene rings is 1. The van der Waals surface area contributed by atoms with E-state index in [4.69, 9.17) is 4.52 Å². The molecule has 0 aliphatic carbocycles. The Morgan fingerprint density at radius 2 is 2.00 bits per heavy atom. The van der Waals surface area contributed by atoms with Crippen LogP contribution < -0.4 is 4.72 Å². The first-order valence-corrected chi connectivity index (χ1v) is 8.61. The van der Waals surface area contributed by atoms with Gasteiger partial charge in [-0.25, -0.2) is 13.1 Å². The lowest BCUT2D eigenvalue weighted by atomic mass is 10.2. The van der Waals surface area contributed by atoms with Crippen LogP contribution in [0.3, 0.4) is 0 Å². The average Bonchev–Trinajstić information content (AvgIpc) is 2.93. The number of hydrogen-bond donors (Lipinski definition) is 1. The van der Waals surface area contributed by atoms with E-state index in [0.29, 0.717) is 37.5 Å². The highest BCUT2D eigenvalue weighted by molar-refractivity contribution is 7.89. The second-order valence-electron chi connectivity index (χ2n) is 4.69. The number of aromatic nitrogens is 2. The van der Waals surface area contributed by atoms with Crippen molar-refractivity contribution in [1.82, 2.24) is 14.9 Å². The van der Waals surface area contributed by atoms with Gasteiger partial charge in [0.25, 0.3) is 0 Å². The van der Waals surface area contributed by atoms with Crippen molar-refractivity contribution in [1.29, 1.82) is 0 Å². The summed E-state index contributed by atoms with van der Waals surface area (Å²) in [5, 5.41) is 3.92. The molecule has 7 heteroatoms. The summed E-state index contributed by atoms with van der Waals surface area (Å²) in [7, 11) is -3.14. The van der Waals surface area contributed by atoms with E-state index in [1.807, 2.05) is 37.3 Å². The molecule has 0 radical (unpaired) electrons. The Bertz CT molecular complexity index is 653. The van der Waals surface area contributed by atoms with Crippen LogP contribution in [0.2, 0.25) is 0 Å². The molecule has 2 rings (SSSR count). The standard InChI is InChI=1S/C14H19N3O3S/c1-2-11-21(18,19)15-10-6-9-13-16-14(17-20-13)12-7-4-3-5-8-12/h3-5,7-8,15H,2,6,9-11H2,1H3. The summed E-state index contributed by atoms with van der Waals surface area (Å²) in [6, 6.07) is 9.57. The molecule has 1 aromatic carbocycles. The average molecular weight is 309 g/mol.